The first-order valence-electron chi connectivity index (χ1n) is 7.87. The molecule has 3 rings (SSSR count). The normalized spacial score (nSPS) is 14.3. The number of benzene rings is 1. The molecule has 1 amide bonds. The summed E-state index contributed by atoms with van der Waals surface area (Å²) in [6.45, 7) is 3.86. The first-order chi connectivity index (χ1) is 11.7. The number of nitrogens with zero attached hydrogens (tertiary/aromatic N) is 3. The van der Waals surface area contributed by atoms with Crippen molar-refractivity contribution in [2.45, 2.75) is 19.6 Å². The third-order valence-electron chi connectivity index (χ3n) is 3.80. The third-order valence-corrected chi connectivity index (χ3v) is 3.80. The zero-order valence-electron chi connectivity index (χ0n) is 13.4. The molecule has 126 valence electrons. The quantitative estimate of drug-likeness (QED) is 0.878. The number of hydrogen-bond donors (Lipinski definition) is 1. The number of halogens is 1. The Morgan fingerprint density at radius 1 is 1.33 bits per heavy atom. The van der Waals surface area contributed by atoms with E-state index in [1.807, 2.05) is 6.92 Å². The van der Waals surface area contributed by atoms with Gasteiger partial charge in [-0.05, 0) is 13.0 Å². The van der Waals surface area contributed by atoms with Crippen LogP contribution in [0.2, 0.25) is 0 Å². The molecule has 0 radical (unpaired) electrons. The molecule has 0 unspecified atom stereocenters. The van der Waals surface area contributed by atoms with Crippen LogP contribution in [-0.2, 0) is 11.3 Å². The van der Waals surface area contributed by atoms with Gasteiger partial charge in [-0.15, -0.1) is 0 Å². The van der Waals surface area contributed by atoms with Gasteiger partial charge in [-0.25, -0.2) is 14.4 Å². The van der Waals surface area contributed by atoms with Crippen molar-refractivity contribution in [1.29, 1.82) is 0 Å². The average Bonchev–Trinajstić information content (AvgIpc) is 2.56. The summed E-state index contributed by atoms with van der Waals surface area (Å²) in [7, 11) is 0. The van der Waals surface area contributed by atoms with E-state index in [-0.39, 0.29) is 24.4 Å². The molecule has 0 atom stereocenters. The Balaban J connectivity index is 1.47. The van der Waals surface area contributed by atoms with Crippen molar-refractivity contribution >= 4 is 11.9 Å². The van der Waals surface area contributed by atoms with Crippen LogP contribution in [0.4, 0.5) is 10.3 Å². The largest absolute Gasteiger partial charge is 0.370 e. The number of rotatable bonds is 6. The maximum absolute atomic E-state index is 13.5. The van der Waals surface area contributed by atoms with Crippen molar-refractivity contribution in [3.05, 3.63) is 53.6 Å². The van der Waals surface area contributed by atoms with Gasteiger partial charge in [0, 0.05) is 37.6 Å². The average molecular weight is 330 g/mol. The molecule has 1 aromatic heterocycles. The molecule has 1 aliphatic heterocycles. The van der Waals surface area contributed by atoms with Gasteiger partial charge in [0.15, 0.2) is 0 Å². The van der Waals surface area contributed by atoms with E-state index in [0.29, 0.717) is 30.2 Å². The van der Waals surface area contributed by atoms with Crippen molar-refractivity contribution in [3.63, 3.8) is 0 Å². The molecule has 0 bridgehead atoms. The number of amides is 1. The molecular weight excluding hydrogens is 311 g/mol. The number of hydrogen-bond acceptors (Lipinski definition) is 5. The lowest BCUT2D eigenvalue weighted by Gasteiger charge is -2.38. The minimum absolute atomic E-state index is 0.0736. The molecule has 24 heavy (non-hydrogen) atoms. The van der Waals surface area contributed by atoms with Crippen LogP contribution < -0.4 is 5.32 Å². The van der Waals surface area contributed by atoms with Crippen molar-refractivity contribution in [2.24, 2.45) is 0 Å². The molecule has 0 spiro atoms. The van der Waals surface area contributed by atoms with E-state index >= 15 is 0 Å². The topological polar surface area (TPSA) is 67.4 Å². The van der Waals surface area contributed by atoms with Crippen molar-refractivity contribution in [2.75, 3.05) is 25.0 Å². The Bertz CT molecular complexity index is 702. The highest BCUT2D eigenvalue weighted by Crippen LogP contribution is 2.18. The van der Waals surface area contributed by atoms with Crippen molar-refractivity contribution in [1.82, 2.24) is 14.9 Å². The Kier molecular flexibility index (Phi) is 5.00. The van der Waals surface area contributed by atoms with Gasteiger partial charge in [0.1, 0.15) is 5.82 Å². The number of aromatic nitrogens is 2. The van der Waals surface area contributed by atoms with Crippen LogP contribution in [0, 0.1) is 5.82 Å². The fraction of sp³-hybridized carbons (Fsp3) is 0.353. The smallest absolute Gasteiger partial charge is 0.257 e. The Hall–Kier alpha value is -2.54. The molecule has 7 heteroatoms. The molecule has 2 heterocycles. The van der Waals surface area contributed by atoms with Crippen LogP contribution in [0.1, 0.15) is 22.8 Å². The zero-order valence-corrected chi connectivity index (χ0v) is 13.4. The van der Waals surface area contributed by atoms with Crippen LogP contribution >= 0.6 is 0 Å². The summed E-state index contributed by atoms with van der Waals surface area (Å²) in [4.78, 5) is 22.1. The molecule has 0 saturated carbocycles. The SMILES string of the molecule is CCNc1ncc(C(=O)N2CC(OCc3ccccc3F)C2)cn1. The van der Waals surface area contributed by atoms with E-state index < -0.39 is 0 Å². The van der Waals surface area contributed by atoms with Crippen LogP contribution in [0.15, 0.2) is 36.7 Å². The van der Waals surface area contributed by atoms with Crippen LogP contribution in [0.25, 0.3) is 0 Å². The van der Waals surface area contributed by atoms with Crippen LogP contribution in [-0.4, -0.2) is 46.5 Å². The Morgan fingerprint density at radius 3 is 2.71 bits per heavy atom. The van der Waals surface area contributed by atoms with E-state index in [9.17, 15) is 9.18 Å². The van der Waals surface area contributed by atoms with Gasteiger partial charge in [0.25, 0.3) is 5.91 Å². The Labute approximate surface area is 139 Å². The predicted octanol–water partition coefficient (Wildman–Crippen LogP) is 2.09. The third kappa shape index (κ3) is 3.68. The van der Waals surface area contributed by atoms with E-state index in [4.69, 9.17) is 4.74 Å². The molecule has 2 aromatic rings. The lowest BCUT2D eigenvalue weighted by Crippen LogP contribution is -2.54. The second-order valence-corrected chi connectivity index (χ2v) is 5.56. The highest BCUT2D eigenvalue weighted by Gasteiger charge is 2.32. The van der Waals surface area contributed by atoms with Crippen LogP contribution in [0.3, 0.4) is 0 Å². The number of carbonyl (C=O) groups excluding carboxylic acids is 1. The predicted molar refractivity (Wildman–Crippen MR) is 87.1 cm³/mol. The molecule has 1 aromatic carbocycles. The number of nitrogens with one attached hydrogen (secondary N) is 1. The second-order valence-electron chi connectivity index (χ2n) is 5.56. The standard InChI is InChI=1S/C17H19FN4O2/c1-2-19-17-20-7-13(8-21-17)16(23)22-9-14(10-22)24-11-12-5-3-4-6-15(12)18/h3-8,14H,2,9-11H2,1H3,(H,19,20,21). The maximum atomic E-state index is 13.5. The van der Waals surface area contributed by atoms with Gasteiger partial charge in [-0.2, -0.15) is 0 Å². The van der Waals surface area contributed by atoms with Gasteiger partial charge < -0.3 is 15.0 Å². The van der Waals surface area contributed by atoms with Crippen molar-refractivity contribution in [3.8, 4) is 0 Å². The second kappa shape index (κ2) is 7.35. The summed E-state index contributed by atoms with van der Waals surface area (Å²) in [6.07, 6.45) is 2.96. The fourth-order valence-electron chi connectivity index (χ4n) is 2.40. The summed E-state index contributed by atoms with van der Waals surface area (Å²) in [5.41, 5.74) is 0.971. The van der Waals surface area contributed by atoms with Gasteiger partial charge in [0.2, 0.25) is 5.95 Å². The zero-order chi connectivity index (χ0) is 16.9. The summed E-state index contributed by atoms with van der Waals surface area (Å²) in [5, 5.41) is 2.98. The number of anilines is 1. The first-order valence-corrected chi connectivity index (χ1v) is 7.87. The van der Waals surface area contributed by atoms with Gasteiger partial charge in [0.05, 0.1) is 18.3 Å². The minimum Gasteiger partial charge on any atom is -0.370 e. The van der Waals surface area contributed by atoms with Gasteiger partial charge in [-0.3, -0.25) is 4.79 Å². The number of likely N-dealkylation sites (tertiary alicyclic amines) is 1. The molecule has 1 aliphatic rings. The van der Waals surface area contributed by atoms with E-state index in [1.54, 1.807) is 23.1 Å². The van der Waals surface area contributed by atoms with E-state index in [0.717, 1.165) is 6.54 Å². The first kappa shape index (κ1) is 16.3. The highest BCUT2D eigenvalue weighted by atomic mass is 19.1. The number of ether oxygens (including phenoxy) is 1. The summed E-state index contributed by atoms with van der Waals surface area (Å²) in [6, 6.07) is 6.52. The molecule has 1 N–H and O–H groups in total. The van der Waals surface area contributed by atoms with Gasteiger partial charge >= 0.3 is 0 Å². The van der Waals surface area contributed by atoms with Crippen molar-refractivity contribution < 1.29 is 13.9 Å². The summed E-state index contributed by atoms with van der Waals surface area (Å²) >= 11 is 0. The molecule has 1 fully saturated rings. The van der Waals surface area contributed by atoms with E-state index in [2.05, 4.69) is 15.3 Å². The fourth-order valence-corrected chi connectivity index (χ4v) is 2.40. The maximum Gasteiger partial charge on any atom is 0.257 e. The highest BCUT2D eigenvalue weighted by molar-refractivity contribution is 5.94. The van der Waals surface area contributed by atoms with Gasteiger partial charge in [-0.1, -0.05) is 18.2 Å². The monoisotopic (exact) mass is 330 g/mol. The summed E-state index contributed by atoms with van der Waals surface area (Å²) in [5.74, 6) is 0.107. The number of carbonyl (C=O) groups is 1. The van der Waals surface area contributed by atoms with Crippen LogP contribution in [0.5, 0.6) is 0 Å². The lowest BCUT2D eigenvalue weighted by molar-refractivity contribution is -0.0510. The lowest BCUT2D eigenvalue weighted by atomic mass is 10.1. The Morgan fingerprint density at radius 2 is 2.04 bits per heavy atom. The van der Waals surface area contributed by atoms with E-state index in [1.165, 1.54) is 18.5 Å². The molecule has 0 aliphatic carbocycles. The molecule has 1 saturated heterocycles. The summed E-state index contributed by atoms with van der Waals surface area (Å²) < 4.78 is 19.1. The molecule has 6 nitrogen and oxygen atoms in total. The molecular formula is C17H19FN4O2. The minimum atomic E-state index is -0.275.